The van der Waals surface area contributed by atoms with Gasteiger partial charge in [-0.15, -0.1) is 0 Å². The third-order valence-corrected chi connectivity index (χ3v) is 5.38. The smallest absolute Gasteiger partial charge is 0.236 e. The van der Waals surface area contributed by atoms with Crippen LogP contribution >= 0.6 is 0 Å². The minimum absolute atomic E-state index is 0.0488. The van der Waals surface area contributed by atoms with Crippen molar-refractivity contribution in [3.05, 3.63) is 29.8 Å². The maximum Gasteiger partial charge on any atom is 0.236 e. The molecule has 4 rings (SSSR count). The number of rotatable bonds is 3. The predicted octanol–water partition coefficient (Wildman–Crippen LogP) is 0.648. The molecule has 2 fully saturated rings. The molecular formula is C17H18N2O4. The van der Waals surface area contributed by atoms with Crippen LogP contribution in [-0.2, 0) is 9.59 Å². The van der Waals surface area contributed by atoms with Gasteiger partial charge in [0.05, 0.1) is 18.5 Å². The first kappa shape index (κ1) is 14.2. The van der Waals surface area contributed by atoms with Crippen LogP contribution in [0.5, 0.6) is 5.75 Å². The molecule has 1 aromatic rings. The molecule has 2 saturated carbocycles. The number of carbonyl (C=O) groups excluding carboxylic acids is 3. The van der Waals surface area contributed by atoms with Crippen molar-refractivity contribution in [2.45, 2.75) is 24.9 Å². The average molecular weight is 314 g/mol. The second-order valence-electron chi connectivity index (χ2n) is 6.70. The lowest BCUT2D eigenvalue weighted by molar-refractivity contribution is -0.127. The largest absolute Gasteiger partial charge is 0.486 e. The van der Waals surface area contributed by atoms with Crippen molar-refractivity contribution in [2.24, 2.45) is 23.5 Å². The molecule has 3 aliphatic rings. The first-order valence-electron chi connectivity index (χ1n) is 7.89. The monoisotopic (exact) mass is 314 g/mol. The number of Topliss-reactive ketones (excluding diaryl/α,β-unsaturated/α-hetero) is 1. The van der Waals surface area contributed by atoms with E-state index >= 15 is 0 Å². The highest BCUT2D eigenvalue weighted by molar-refractivity contribution is 6.00. The Morgan fingerprint density at radius 1 is 1.35 bits per heavy atom. The molecule has 1 aromatic carbocycles. The Balaban J connectivity index is 1.54. The van der Waals surface area contributed by atoms with Gasteiger partial charge in [-0.1, -0.05) is 12.1 Å². The lowest BCUT2D eigenvalue weighted by atomic mass is 9.84. The van der Waals surface area contributed by atoms with E-state index in [1.165, 1.54) is 0 Å². The number of nitrogens with one attached hydrogen (secondary N) is 1. The SMILES string of the molecule is NC(=O)CNC(=O)[C@@H]1[C@@H]2CC[C@]3(CC(=O)c4ccccc4O3)[C@@H]21. The number of primary amides is 1. The number of hydrogen-bond acceptors (Lipinski definition) is 4. The standard InChI is InChI=1S/C17H18N2O4/c18-13(21)8-19-16(22)14-10-5-6-17(15(10)14)7-11(20)9-3-1-2-4-12(9)23-17/h1-4,10,14-15H,5-8H2,(H2,18,21)(H,19,22)/t10-,14+,15-,17-/m0/s1. The zero-order chi connectivity index (χ0) is 16.2. The van der Waals surface area contributed by atoms with Gasteiger partial charge in [0.1, 0.15) is 11.4 Å². The maximum absolute atomic E-state index is 12.5. The molecule has 120 valence electrons. The summed E-state index contributed by atoms with van der Waals surface area (Å²) in [6.07, 6.45) is 1.99. The number of nitrogens with two attached hydrogens (primary N) is 1. The van der Waals surface area contributed by atoms with E-state index in [1.807, 2.05) is 18.2 Å². The Morgan fingerprint density at radius 2 is 2.13 bits per heavy atom. The first-order chi connectivity index (χ1) is 11.0. The van der Waals surface area contributed by atoms with Crippen LogP contribution in [0.3, 0.4) is 0 Å². The molecule has 0 saturated heterocycles. The number of fused-ring (bicyclic) bond motifs is 3. The van der Waals surface area contributed by atoms with E-state index in [4.69, 9.17) is 10.5 Å². The minimum Gasteiger partial charge on any atom is -0.486 e. The highest BCUT2D eigenvalue weighted by Gasteiger charge is 2.70. The fourth-order valence-corrected chi connectivity index (χ4v) is 4.41. The molecular weight excluding hydrogens is 296 g/mol. The van der Waals surface area contributed by atoms with E-state index in [2.05, 4.69) is 5.32 Å². The van der Waals surface area contributed by atoms with Gasteiger partial charge < -0.3 is 15.8 Å². The number of hydrogen-bond donors (Lipinski definition) is 2. The normalized spacial score (nSPS) is 33.6. The van der Waals surface area contributed by atoms with Gasteiger partial charge in [-0.05, 0) is 30.9 Å². The molecule has 0 unspecified atom stereocenters. The molecule has 6 heteroatoms. The van der Waals surface area contributed by atoms with Gasteiger partial charge in [-0.2, -0.15) is 0 Å². The van der Waals surface area contributed by atoms with Crippen molar-refractivity contribution in [3.63, 3.8) is 0 Å². The Bertz CT molecular complexity index is 716. The zero-order valence-corrected chi connectivity index (χ0v) is 12.6. The Morgan fingerprint density at radius 3 is 2.91 bits per heavy atom. The molecule has 2 aliphatic carbocycles. The molecule has 6 nitrogen and oxygen atoms in total. The molecule has 1 heterocycles. The summed E-state index contributed by atoms with van der Waals surface area (Å²) in [6.45, 7) is -0.148. The number of ether oxygens (including phenoxy) is 1. The molecule has 2 amide bonds. The van der Waals surface area contributed by atoms with Crippen molar-refractivity contribution in [3.8, 4) is 5.75 Å². The van der Waals surface area contributed by atoms with Crippen LogP contribution in [-0.4, -0.2) is 29.7 Å². The summed E-state index contributed by atoms with van der Waals surface area (Å²) in [5.74, 6) is 0.0859. The van der Waals surface area contributed by atoms with E-state index in [0.29, 0.717) is 17.7 Å². The highest BCUT2D eigenvalue weighted by Crippen LogP contribution is 2.65. The summed E-state index contributed by atoms with van der Waals surface area (Å²) >= 11 is 0. The van der Waals surface area contributed by atoms with Crippen molar-refractivity contribution in [1.29, 1.82) is 0 Å². The van der Waals surface area contributed by atoms with Crippen molar-refractivity contribution in [2.75, 3.05) is 6.54 Å². The summed E-state index contributed by atoms with van der Waals surface area (Å²) in [4.78, 5) is 35.5. The Kier molecular flexibility index (Phi) is 2.98. The van der Waals surface area contributed by atoms with Gasteiger partial charge in [0.25, 0.3) is 0 Å². The van der Waals surface area contributed by atoms with E-state index in [-0.39, 0.29) is 36.0 Å². The van der Waals surface area contributed by atoms with Gasteiger partial charge in [-0.3, -0.25) is 14.4 Å². The topological polar surface area (TPSA) is 98.5 Å². The van der Waals surface area contributed by atoms with Crippen LogP contribution in [0, 0.1) is 17.8 Å². The quantitative estimate of drug-likeness (QED) is 0.855. The Hall–Kier alpha value is -2.37. The fraction of sp³-hybridized carbons (Fsp3) is 0.471. The number of carbonyl (C=O) groups is 3. The van der Waals surface area contributed by atoms with E-state index in [9.17, 15) is 14.4 Å². The highest BCUT2D eigenvalue weighted by atomic mass is 16.5. The third kappa shape index (κ3) is 2.12. The molecule has 23 heavy (non-hydrogen) atoms. The molecule has 1 aliphatic heterocycles. The van der Waals surface area contributed by atoms with Crippen molar-refractivity contribution in [1.82, 2.24) is 5.32 Å². The van der Waals surface area contributed by atoms with Gasteiger partial charge in [0.2, 0.25) is 11.8 Å². The first-order valence-corrected chi connectivity index (χ1v) is 7.89. The van der Waals surface area contributed by atoms with Crippen LogP contribution < -0.4 is 15.8 Å². The van der Waals surface area contributed by atoms with E-state index < -0.39 is 11.5 Å². The minimum atomic E-state index is -0.565. The lowest BCUT2D eigenvalue weighted by Gasteiger charge is -2.37. The molecule has 0 aromatic heterocycles. The molecule has 0 radical (unpaired) electrons. The number of para-hydroxylation sites is 1. The van der Waals surface area contributed by atoms with Crippen LogP contribution in [0.4, 0.5) is 0 Å². The number of benzene rings is 1. The second-order valence-corrected chi connectivity index (χ2v) is 6.70. The summed E-state index contributed by atoms with van der Waals surface area (Å²) in [6, 6.07) is 7.27. The van der Waals surface area contributed by atoms with E-state index in [0.717, 1.165) is 12.8 Å². The van der Waals surface area contributed by atoms with E-state index in [1.54, 1.807) is 6.07 Å². The number of ketones is 1. The summed E-state index contributed by atoms with van der Waals surface area (Å²) in [7, 11) is 0. The Labute approximate surface area is 133 Å². The van der Waals surface area contributed by atoms with Gasteiger partial charge in [0, 0.05) is 11.8 Å². The van der Waals surface area contributed by atoms with Crippen LogP contribution in [0.15, 0.2) is 24.3 Å². The van der Waals surface area contributed by atoms with Crippen molar-refractivity contribution < 1.29 is 19.1 Å². The zero-order valence-electron chi connectivity index (χ0n) is 12.6. The summed E-state index contributed by atoms with van der Waals surface area (Å²) < 4.78 is 6.22. The molecule has 4 atom stereocenters. The lowest BCUT2D eigenvalue weighted by Crippen LogP contribution is -2.45. The van der Waals surface area contributed by atoms with Gasteiger partial charge in [-0.25, -0.2) is 0 Å². The van der Waals surface area contributed by atoms with Crippen LogP contribution in [0.2, 0.25) is 0 Å². The van der Waals surface area contributed by atoms with Crippen LogP contribution in [0.25, 0.3) is 0 Å². The third-order valence-electron chi connectivity index (χ3n) is 5.38. The summed E-state index contributed by atoms with van der Waals surface area (Å²) in [5, 5.41) is 2.57. The second kappa shape index (κ2) is 4.81. The fourth-order valence-electron chi connectivity index (χ4n) is 4.41. The molecule has 3 N–H and O–H groups in total. The number of amides is 2. The van der Waals surface area contributed by atoms with Gasteiger partial charge >= 0.3 is 0 Å². The summed E-state index contributed by atoms with van der Waals surface area (Å²) in [5.41, 5.74) is 5.12. The molecule has 1 spiro atoms. The van der Waals surface area contributed by atoms with Crippen LogP contribution in [0.1, 0.15) is 29.6 Å². The average Bonchev–Trinajstić information content (AvgIpc) is 3.17. The van der Waals surface area contributed by atoms with Gasteiger partial charge in [0.15, 0.2) is 5.78 Å². The maximum atomic E-state index is 12.5. The predicted molar refractivity (Wildman–Crippen MR) is 80.7 cm³/mol. The van der Waals surface area contributed by atoms with Crippen molar-refractivity contribution >= 4 is 17.6 Å². The molecule has 0 bridgehead atoms.